The molecule has 51 heavy (non-hydrogen) atoms. The summed E-state index contributed by atoms with van der Waals surface area (Å²) in [5.74, 6) is 0. The van der Waals surface area contributed by atoms with Gasteiger partial charge in [0.15, 0.2) is 0 Å². The molecule has 0 saturated carbocycles. The number of fused-ring (bicyclic) bond motifs is 9. The molecule has 0 aliphatic heterocycles. The summed E-state index contributed by atoms with van der Waals surface area (Å²) in [6.07, 6.45) is 0. The lowest BCUT2D eigenvalue weighted by molar-refractivity contribution is 0.670. The zero-order valence-corrected chi connectivity index (χ0v) is 28.3. The van der Waals surface area contributed by atoms with Gasteiger partial charge in [0.25, 0.3) is 0 Å². The van der Waals surface area contributed by atoms with Crippen LogP contribution in [0.1, 0.15) is 0 Å². The lowest BCUT2D eigenvalue weighted by Gasteiger charge is -2.13. The second kappa shape index (κ2) is 11.0. The van der Waals surface area contributed by atoms with Crippen LogP contribution >= 0.6 is 11.3 Å². The molecule has 11 rings (SSSR count). The van der Waals surface area contributed by atoms with Gasteiger partial charge in [-0.3, -0.25) is 0 Å². The maximum Gasteiger partial charge on any atom is 0.143 e. The van der Waals surface area contributed by atoms with Crippen LogP contribution in [0.3, 0.4) is 0 Å². The number of furan rings is 1. The molecule has 0 atom stereocenters. The van der Waals surface area contributed by atoms with Crippen LogP contribution in [0.25, 0.3) is 108 Å². The molecular formula is C48H29NOS. The summed E-state index contributed by atoms with van der Waals surface area (Å²) >= 11 is 1.88. The van der Waals surface area contributed by atoms with Crippen molar-refractivity contribution in [3.8, 4) is 44.5 Å². The number of nitrogens with one attached hydrogen (secondary N) is 1. The highest BCUT2D eigenvalue weighted by atomic mass is 32.1. The quantitative estimate of drug-likeness (QED) is 0.199. The molecule has 1 N–H and O–H groups in total. The first-order valence-electron chi connectivity index (χ1n) is 17.3. The second-order valence-electron chi connectivity index (χ2n) is 13.3. The Morgan fingerprint density at radius 1 is 0.392 bits per heavy atom. The molecule has 0 bridgehead atoms. The number of para-hydroxylation sites is 3. The zero-order chi connectivity index (χ0) is 33.5. The maximum absolute atomic E-state index is 6.43. The van der Waals surface area contributed by atoms with Gasteiger partial charge in [-0.25, -0.2) is 0 Å². The average Bonchev–Trinajstić information content (AvgIpc) is 3.89. The molecule has 8 aromatic carbocycles. The number of H-pyrrole nitrogens is 1. The zero-order valence-electron chi connectivity index (χ0n) is 27.5. The first kappa shape index (κ1) is 28.4. The number of hydrogen-bond donors (Lipinski definition) is 1. The molecule has 3 heterocycles. The van der Waals surface area contributed by atoms with Gasteiger partial charge < -0.3 is 9.40 Å². The molecular weight excluding hydrogens is 639 g/mol. The van der Waals surface area contributed by atoms with Crippen molar-refractivity contribution in [2.45, 2.75) is 0 Å². The summed E-state index contributed by atoms with van der Waals surface area (Å²) in [5.41, 5.74) is 13.6. The molecule has 0 fully saturated rings. The number of aromatic nitrogens is 1. The summed E-state index contributed by atoms with van der Waals surface area (Å²) < 4.78 is 9.07. The summed E-state index contributed by atoms with van der Waals surface area (Å²) in [7, 11) is 0. The van der Waals surface area contributed by atoms with E-state index >= 15 is 0 Å². The van der Waals surface area contributed by atoms with E-state index in [1.165, 1.54) is 64.3 Å². The van der Waals surface area contributed by atoms with E-state index in [2.05, 4.69) is 163 Å². The molecule has 0 saturated heterocycles. The number of hydrogen-bond acceptors (Lipinski definition) is 2. The van der Waals surface area contributed by atoms with E-state index < -0.39 is 0 Å². The van der Waals surface area contributed by atoms with Gasteiger partial charge in [-0.1, -0.05) is 127 Å². The van der Waals surface area contributed by atoms with Gasteiger partial charge in [0, 0.05) is 58.4 Å². The van der Waals surface area contributed by atoms with Gasteiger partial charge in [-0.15, -0.1) is 11.3 Å². The van der Waals surface area contributed by atoms with Crippen LogP contribution in [0.15, 0.2) is 174 Å². The van der Waals surface area contributed by atoms with Crippen molar-refractivity contribution >= 4 is 75.3 Å². The predicted octanol–water partition coefficient (Wildman–Crippen LogP) is 14.3. The molecule has 238 valence electrons. The normalized spacial score (nSPS) is 11.9. The topological polar surface area (TPSA) is 28.9 Å². The highest BCUT2D eigenvalue weighted by molar-refractivity contribution is 7.26. The molecule has 11 aromatic rings. The maximum atomic E-state index is 6.43. The van der Waals surface area contributed by atoms with Crippen LogP contribution in [0.5, 0.6) is 0 Å². The Kier molecular flexibility index (Phi) is 6.16. The molecule has 3 aromatic heterocycles. The fourth-order valence-electron chi connectivity index (χ4n) is 8.02. The third kappa shape index (κ3) is 4.42. The monoisotopic (exact) mass is 667 g/mol. The van der Waals surface area contributed by atoms with Crippen LogP contribution in [-0.2, 0) is 0 Å². The lowest BCUT2D eigenvalue weighted by atomic mass is 9.92. The van der Waals surface area contributed by atoms with Gasteiger partial charge in [0.05, 0.1) is 5.52 Å². The molecule has 0 radical (unpaired) electrons. The van der Waals surface area contributed by atoms with Crippen molar-refractivity contribution in [2.75, 3.05) is 0 Å². The van der Waals surface area contributed by atoms with Crippen LogP contribution in [0, 0.1) is 0 Å². The fourth-order valence-corrected chi connectivity index (χ4v) is 9.25. The summed E-state index contributed by atoms with van der Waals surface area (Å²) in [5, 5.41) is 7.33. The third-order valence-electron chi connectivity index (χ3n) is 10.4. The van der Waals surface area contributed by atoms with E-state index in [1.54, 1.807) is 0 Å². The first-order valence-corrected chi connectivity index (χ1v) is 18.2. The minimum atomic E-state index is 0.915. The van der Waals surface area contributed by atoms with Crippen LogP contribution < -0.4 is 0 Å². The Labute approximate surface area is 297 Å². The predicted molar refractivity (Wildman–Crippen MR) is 218 cm³/mol. The summed E-state index contributed by atoms with van der Waals surface area (Å²) in [4.78, 5) is 3.83. The molecule has 0 spiro atoms. The number of aromatic amines is 1. The Morgan fingerprint density at radius 2 is 1.06 bits per heavy atom. The van der Waals surface area contributed by atoms with Gasteiger partial charge in [0.1, 0.15) is 11.2 Å². The molecule has 3 heteroatoms. The highest BCUT2D eigenvalue weighted by Crippen LogP contribution is 2.44. The summed E-state index contributed by atoms with van der Waals surface area (Å²) in [6.45, 7) is 0. The van der Waals surface area contributed by atoms with Gasteiger partial charge in [0.2, 0.25) is 0 Å². The standard InChI is InChI=1S/C48H29NOS/c1-2-11-29(12-3-1)31-25-32(27-33(26-31)36-17-10-20-41-38-14-5-7-22-45(38)51-48(36)41)34-15-8-18-39-42-28-30(23-24-43(42)49-46(34)39)35-16-9-19-40-37-13-4-6-21-44(37)50-47(35)40/h1-28,49H. The Bertz CT molecular complexity index is 3140. The lowest BCUT2D eigenvalue weighted by Crippen LogP contribution is -1.87. The Morgan fingerprint density at radius 3 is 1.94 bits per heavy atom. The molecule has 2 nitrogen and oxygen atoms in total. The van der Waals surface area contributed by atoms with Crippen molar-refractivity contribution in [3.63, 3.8) is 0 Å². The van der Waals surface area contributed by atoms with E-state index in [0.29, 0.717) is 0 Å². The molecule has 0 unspecified atom stereocenters. The number of thiophene rings is 1. The average molecular weight is 668 g/mol. The van der Waals surface area contributed by atoms with Crippen LogP contribution in [-0.4, -0.2) is 4.98 Å². The Balaban J connectivity index is 1.11. The van der Waals surface area contributed by atoms with Crippen molar-refractivity contribution in [1.29, 1.82) is 0 Å². The van der Waals surface area contributed by atoms with E-state index in [-0.39, 0.29) is 0 Å². The SMILES string of the molecule is c1ccc(-c2cc(-c3cccc4c3[nH]c3ccc(-c5cccc6c5oc5ccccc56)cc34)cc(-c3cccc4c3sc3ccccc34)c2)cc1. The smallest absolute Gasteiger partial charge is 0.143 e. The van der Waals surface area contributed by atoms with Gasteiger partial charge in [-0.05, 0) is 75.8 Å². The second-order valence-corrected chi connectivity index (χ2v) is 14.4. The molecule has 0 aliphatic carbocycles. The fraction of sp³-hybridized carbons (Fsp3) is 0. The molecule has 0 aliphatic rings. The van der Waals surface area contributed by atoms with E-state index in [9.17, 15) is 0 Å². The number of benzene rings is 8. The van der Waals surface area contributed by atoms with E-state index in [4.69, 9.17) is 4.42 Å². The minimum Gasteiger partial charge on any atom is -0.455 e. The largest absolute Gasteiger partial charge is 0.455 e. The van der Waals surface area contributed by atoms with E-state index in [0.717, 1.165) is 44.1 Å². The van der Waals surface area contributed by atoms with Crippen molar-refractivity contribution in [2.24, 2.45) is 0 Å². The van der Waals surface area contributed by atoms with Crippen molar-refractivity contribution in [3.05, 3.63) is 170 Å². The minimum absolute atomic E-state index is 0.915. The Hall–Kier alpha value is -6.42. The third-order valence-corrected chi connectivity index (χ3v) is 11.6. The molecule has 0 amide bonds. The van der Waals surface area contributed by atoms with Crippen LogP contribution in [0.2, 0.25) is 0 Å². The summed E-state index contributed by atoms with van der Waals surface area (Å²) in [6, 6.07) is 61.4. The van der Waals surface area contributed by atoms with Crippen molar-refractivity contribution in [1.82, 2.24) is 4.98 Å². The van der Waals surface area contributed by atoms with Gasteiger partial charge in [-0.2, -0.15) is 0 Å². The van der Waals surface area contributed by atoms with Crippen molar-refractivity contribution < 1.29 is 4.42 Å². The highest BCUT2D eigenvalue weighted by Gasteiger charge is 2.17. The first-order chi connectivity index (χ1) is 25.3. The number of rotatable bonds is 4. The van der Waals surface area contributed by atoms with Crippen LogP contribution in [0.4, 0.5) is 0 Å². The van der Waals surface area contributed by atoms with E-state index in [1.807, 2.05) is 23.5 Å². The van der Waals surface area contributed by atoms with Gasteiger partial charge >= 0.3 is 0 Å².